The SMILES string of the molecule is C[C@@]1(c2ccccc2)NC(=O)N(NC(=O)c2ccc3[nH]c4c(c3c2)CCCCC4)C1=O. The van der Waals surface area contributed by atoms with Crippen LogP contribution in [-0.2, 0) is 23.2 Å². The molecule has 1 atom stereocenters. The second kappa shape index (κ2) is 7.27. The molecule has 2 aromatic carbocycles. The number of amides is 4. The first kappa shape index (κ1) is 19.4. The van der Waals surface area contributed by atoms with Gasteiger partial charge in [-0.25, -0.2) is 4.79 Å². The maximum Gasteiger partial charge on any atom is 0.344 e. The second-order valence-electron chi connectivity index (χ2n) is 8.41. The van der Waals surface area contributed by atoms with Gasteiger partial charge in [-0.3, -0.25) is 15.0 Å². The minimum Gasteiger partial charge on any atom is -0.358 e. The first-order valence-electron chi connectivity index (χ1n) is 10.6. The number of carbonyl (C=O) groups is 3. The number of benzene rings is 2. The third kappa shape index (κ3) is 3.17. The van der Waals surface area contributed by atoms with Crippen molar-refractivity contribution < 1.29 is 14.4 Å². The van der Waals surface area contributed by atoms with Crippen molar-refractivity contribution in [1.82, 2.24) is 20.7 Å². The molecular weight excluding hydrogens is 392 g/mol. The monoisotopic (exact) mass is 416 g/mol. The van der Waals surface area contributed by atoms with Gasteiger partial charge >= 0.3 is 6.03 Å². The van der Waals surface area contributed by atoms with E-state index >= 15 is 0 Å². The molecule has 31 heavy (non-hydrogen) atoms. The Kier molecular flexibility index (Phi) is 4.54. The Bertz CT molecular complexity index is 1200. The summed E-state index contributed by atoms with van der Waals surface area (Å²) in [5.74, 6) is -1.01. The van der Waals surface area contributed by atoms with Gasteiger partial charge in [0, 0.05) is 22.2 Å². The fourth-order valence-corrected chi connectivity index (χ4v) is 4.60. The number of hydrogen-bond donors (Lipinski definition) is 3. The van der Waals surface area contributed by atoms with Gasteiger partial charge in [-0.2, -0.15) is 5.01 Å². The van der Waals surface area contributed by atoms with Gasteiger partial charge in [0.05, 0.1) is 0 Å². The number of urea groups is 1. The van der Waals surface area contributed by atoms with Crippen LogP contribution >= 0.6 is 0 Å². The van der Waals surface area contributed by atoms with Crippen LogP contribution in [0.25, 0.3) is 10.9 Å². The number of carbonyl (C=O) groups excluding carboxylic acids is 3. The van der Waals surface area contributed by atoms with Crippen LogP contribution in [0.15, 0.2) is 48.5 Å². The van der Waals surface area contributed by atoms with E-state index < -0.39 is 23.4 Å². The fraction of sp³-hybridized carbons (Fsp3) is 0.292. The summed E-state index contributed by atoms with van der Waals surface area (Å²) >= 11 is 0. The summed E-state index contributed by atoms with van der Waals surface area (Å²) in [5.41, 5.74) is 5.86. The number of H-pyrrole nitrogens is 1. The molecule has 0 unspecified atom stereocenters. The second-order valence-corrected chi connectivity index (χ2v) is 8.41. The lowest BCUT2D eigenvalue weighted by Crippen LogP contribution is -2.47. The predicted octanol–water partition coefficient (Wildman–Crippen LogP) is 3.55. The molecular formula is C24H24N4O3. The van der Waals surface area contributed by atoms with Crippen LogP contribution in [0.4, 0.5) is 4.79 Å². The lowest BCUT2D eigenvalue weighted by atomic mass is 9.92. The molecule has 7 heteroatoms. The van der Waals surface area contributed by atoms with Gasteiger partial charge in [-0.05, 0) is 61.9 Å². The van der Waals surface area contributed by atoms with Gasteiger partial charge in [0.15, 0.2) is 0 Å². The third-order valence-corrected chi connectivity index (χ3v) is 6.37. The summed E-state index contributed by atoms with van der Waals surface area (Å²) in [6.07, 6.45) is 5.52. The van der Waals surface area contributed by atoms with Crippen LogP contribution < -0.4 is 10.7 Å². The van der Waals surface area contributed by atoms with Gasteiger partial charge in [-0.1, -0.05) is 36.8 Å². The molecule has 4 amide bonds. The van der Waals surface area contributed by atoms with E-state index in [2.05, 4.69) is 15.7 Å². The molecule has 1 saturated heterocycles. The van der Waals surface area contributed by atoms with Crippen molar-refractivity contribution in [3.05, 3.63) is 70.9 Å². The lowest BCUT2D eigenvalue weighted by molar-refractivity contribution is -0.132. The van der Waals surface area contributed by atoms with E-state index in [1.165, 1.54) is 24.1 Å². The van der Waals surface area contributed by atoms with Crippen molar-refractivity contribution in [1.29, 1.82) is 0 Å². The van der Waals surface area contributed by atoms with E-state index in [4.69, 9.17) is 0 Å². The standard InChI is InChI=1S/C24H24N4O3/c1-24(16-8-4-2-5-9-16)22(30)28(23(31)26-24)27-21(29)15-12-13-20-18(14-15)17-10-6-3-7-11-19(17)25-20/h2,4-5,8-9,12-14,25H,3,6-7,10-11H2,1H3,(H,26,31)(H,27,29)/t24-/m0/s1. The first-order chi connectivity index (χ1) is 15.0. The van der Waals surface area contributed by atoms with Crippen molar-refractivity contribution in [2.24, 2.45) is 0 Å². The molecule has 1 fully saturated rings. The first-order valence-corrected chi connectivity index (χ1v) is 10.6. The number of nitrogens with one attached hydrogen (secondary N) is 3. The van der Waals surface area contributed by atoms with Crippen LogP contribution in [0, 0.1) is 0 Å². The number of aromatic nitrogens is 1. The number of hydrazine groups is 1. The highest BCUT2D eigenvalue weighted by Gasteiger charge is 2.50. The van der Waals surface area contributed by atoms with E-state index in [1.807, 2.05) is 18.2 Å². The van der Waals surface area contributed by atoms with Gasteiger partial charge in [-0.15, -0.1) is 0 Å². The lowest BCUT2D eigenvalue weighted by Gasteiger charge is -2.22. The zero-order valence-electron chi connectivity index (χ0n) is 17.3. The highest BCUT2D eigenvalue weighted by Crippen LogP contribution is 2.30. The van der Waals surface area contributed by atoms with E-state index in [-0.39, 0.29) is 0 Å². The Hall–Kier alpha value is -3.61. The predicted molar refractivity (Wildman–Crippen MR) is 116 cm³/mol. The van der Waals surface area contributed by atoms with Crippen molar-refractivity contribution >= 4 is 28.7 Å². The molecule has 3 N–H and O–H groups in total. The van der Waals surface area contributed by atoms with Crippen molar-refractivity contribution in [3.8, 4) is 0 Å². The smallest absolute Gasteiger partial charge is 0.344 e. The number of aryl methyl sites for hydroxylation is 2. The zero-order chi connectivity index (χ0) is 21.6. The van der Waals surface area contributed by atoms with Gasteiger partial charge in [0.1, 0.15) is 5.54 Å². The van der Waals surface area contributed by atoms with Crippen molar-refractivity contribution in [2.75, 3.05) is 0 Å². The van der Waals surface area contributed by atoms with E-state index in [9.17, 15) is 14.4 Å². The molecule has 0 radical (unpaired) electrons. The summed E-state index contributed by atoms with van der Waals surface area (Å²) in [4.78, 5) is 42.0. The third-order valence-electron chi connectivity index (χ3n) is 6.37. The summed E-state index contributed by atoms with van der Waals surface area (Å²) in [5, 5.41) is 4.51. The van der Waals surface area contributed by atoms with E-state index in [0.29, 0.717) is 11.1 Å². The van der Waals surface area contributed by atoms with Crippen LogP contribution in [0.2, 0.25) is 0 Å². The summed E-state index contributed by atoms with van der Waals surface area (Å²) in [7, 11) is 0. The van der Waals surface area contributed by atoms with Gasteiger partial charge in [0.2, 0.25) is 0 Å². The van der Waals surface area contributed by atoms with Crippen LogP contribution in [0.5, 0.6) is 0 Å². The summed E-state index contributed by atoms with van der Waals surface area (Å²) in [6, 6.07) is 13.8. The highest BCUT2D eigenvalue weighted by molar-refractivity contribution is 6.09. The Labute approximate surface area is 179 Å². The fourth-order valence-electron chi connectivity index (χ4n) is 4.60. The van der Waals surface area contributed by atoms with Gasteiger partial charge < -0.3 is 10.3 Å². The van der Waals surface area contributed by atoms with Crippen LogP contribution in [-0.4, -0.2) is 27.8 Å². The number of aromatic amines is 1. The number of rotatable bonds is 3. The average molecular weight is 416 g/mol. The van der Waals surface area contributed by atoms with E-state index in [1.54, 1.807) is 37.3 Å². The van der Waals surface area contributed by atoms with E-state index in [0.717, 1.165) is 35.2 Å². The topological polar surface area (TPSA) is 94.3 Å². The molecule has 2 heterocycles. The summed E-state index contributed by atoms with van der Waals surface area (Å²) < 4.78 is 0. The maximum absolute atomic E-state index is 13.0. The molecule has 2 aliphatic rings. The number of imide groups is 1. The van der Waals surface area contributed by atoms with Crippen LogP contribution in [0.3, 0.4) is 0 Å². The molecule has 5 rings (SSSR count). The average Bonchev–Trinajstić information content (AvgIpc) is 3.10. The molecule has 1 aliphatic carbocycles. The quantitative estimate of drug-likeness (QED) is 0.450. The van der Waals surface area contributed by atoms with Crippen molar-refractivity contribution in [2.45, 2.75) is 44.6 Å². The number of nitrogens with zero attached hydrogens (tertiary/aromatic N) is 1. The maximum atomic E-state index is 13.0. The molecule has 1 aromatic heterocycles. The number of hydrogen-bond acceptors (Lipinski definition) is 3. The normalized spacial score (nSPS) is 21.0. The van der Waals surface area contributed by atoms with Crippen molar-refractivity contribution in [3.63, 3.8) is 0 Å². The molecule has 0 spiro atoms. The molecule has 1 aliphatic heterocycles. The molecule has 0 saturated carbocycles. The Morgan fingerprint density at radius 3 is 2.61 bits per heavy atom. The largest absolute Gasteiger partial charge is 0.358 e. The Morgan fingerprint density at radius 1 is 1.03 bits per heavy atom. The molecule has 7 nitrogen and oxygen atoms in total. The summed E-state index contributed by atoms with van der Waals surface area (Å²) in [6.45, 7) is 1.63. The molecule has 0 bridgehead atoms. The Morgan fingerprint density at radius 2 is 1.81 bits per heavy atom. The number of fused-ring (bicyclic) bond motifs is 3. The zero-order valence-corrected chi connectivity index (χ0v) is 17.3. The minimum absolute atomic E-state index is 0.410. The Balaban J connectivity index is 1.41. The highest BCUT2D eigenvalue weighted by atomic mass is 16.2. The molecule has 158 valence electrons. The minimum atomic E-state index is -1.23. The van der Waals surface area contributed by atoms with Crippen LogP contribution in [0.1, 0.15) is 53.4 Å². The van der Waals surface area contributed by atoms with Gasteiger partial charge in [0.25, 0.3) is 11.8 Å². The molecule has 3 aromatic rings.